The first-order valence-corrected chi connectivity index (χ1v) is 10.0. The quantitative estimate of drug-likeness (QED) is 0.782. The summed E-state index contributed by atoms with van der Waals surface area (Å²) in [6.45, 7) is 0.429. The lowest BCUT2D eigenvalue weighted by Crippen LogP contribution is -2.39. The van der Waals surface area contributed by atoms with Crippen molar-refractivity contribution in [3.63, 3.8) is 0 Å². The smallest absolute Gasteiger partial charge is 0.227 e. The monoisotopic (exact) mass is 380 g/mol. The van der Waals surface area contributed by atoms with E-state index in [0.717, 1.165) is 48.9 Å². The van der Waals surface area contributed by atoms with Crippen molar-refractivity contribution < 1.29 is 14.0 Å². The summed E-state index contributed by atoms with van der Waals surface area (Å²) in [6, 6.07) is 14.1. The fourth-order valence-corrected chi connectivity index (χ4v) is 3.92. The molecule has 0 aliphatic heterocycles. The van der Waals surface area contributed by atoms with Gasteiger partial charge in [-0.2, -0.15) is 0 Å². The van der Waals surface area contributed by atoms with Crippen LogP contribution in [-0.4, -0.2) is 11.8 Å². The van der Waals surface area contributed by atoms with Gasteiger partial charge in [0, 0.05) is 24.1 Å². The second-order valence-electron chi connectivity index (χ2n) is 7.88. The van der Waals surface area contributed by atoms with E-state index in [9.17, 15) is 14.0 Å². The third-order valence-electron chi connectivity index (χ3n) is 6.05. The topological polar surface area (TPSA) is 58.2 Å². The zero-order chi connectivity index (χ0) is 19.5. The molecule has 5 heteroatoms. The fraction of sp³-hybridized carbons (Fsp3) is 0.391. The lowest BCUT2D eigenvalue weighted by Gasteiger charge is -2.35. The van der Waals surface area contributed by atoms with Crippen molar-refractivity contribution >= 4 is 17.5 Å². The highest BCUT2D eigenvalue weighted by atomic mass is 19.1. The molecule has 2 aliphatic rings. The van der Waals surface area contributed by atoms with Gasteiger partial charge < -0.3 is 10.6 Å². The number of halogens is 1. The van der Waals surface area contributed by atoms with Crippen LogP contribution in [0.4, 0.5) is 10.1 Å². The van der Waals surface area contributed by atoms with Gasteiger partial charge in [0.2, 0.25) is 11.8 Å². The zero-order valence-electron chi connectivity index (χ0n) is 15.8. The molecule has 2 unspecified atom stereocenters. The van der Waals surface area contributed by atoms with Crippen LogP contribution in [0.15, 0.2) is 48.5 Å². The van der Waals surface area contributed by atoms with E-state index in [1.165, 1.54) is 12.1 Å². The SMILES string of the molecule is O=C(Nc1cccc(CNC(=O)C2CCC2c2ccc(F)cc2)c1)C1CCC1. The summed E-state index contributed by atoms with van der Waals surface area (Å²) >= 11 is 0. The Morgan fingerprint density at radius 2 is 1.75 bits per heavy atom. The molecule has 146 valence electrons. The summed E-state index contributed by atoms with van der Waals surface area (Å²) in [5.41, 5.74) is 2.75. The summed E-state index contributed by atoms with van der Waals surface area (Å²) in [6.07, 6.45) is 4.87. The second-order valence-corrected chi connectivity index (χ2v) is 7.88. The molecular weight excluding hydrogens is 355 g/mol. The van der Waals surface area contributed by atoms with E-state index in [0.29, 0.717) is 6.54 Å². The first kappa shape index (κ1) is 18.7. The maximum atomic E-state index is 13.1. The molecule has 0 spiro atoms. The number of anilines is 1. The highest BCUT2D eigenvalue weighted by Crippen LogP contribution is 2.42. The predicted molar refractivity (Wildman–Crippen MR) is 106 cm³/mol. The van der Waals surface area contributed by atoms with E-state index >= 15 is 0 Å². The lowest BCUT2D eigenvalue weighted by molar-refractivity contribution is -0.128. The Morgan fingerprint density at radius 1 is 0.964 bits per heavy atom. The molecule has 0 aromatic heterocycles. The molecule has 2 N–H and O–H groups in total. The van der Waals surface area contributed by atoms with Crippen LogP contribution in [0.3, 0.4) is 0 Å². The molecule has 2 fully saturated rings. The van der Waals surface area contributed by atoms with Gasteiger partial charge in [0.05, 0.1) is 0 Å². The Bertz CT molecular complexity index is 861. The van der Waals surface area contributed by atoms with Gasteiger partial charge in [-0.25, -0.2) is 4.39 Å². The molecule has 4 rings (SSSR count). The Labute approximate surface area is 164 Å². The maximum Gasteiger partial charge on any atom is 0.227 e. The Kier molecular flexibility index (Phi) is 5.42. The van der Waals surface area contributed by atoms with E-state index in [4.69, 9.17) is 0 Å². The number of rotatable bonds is 6. The van der Waals surface area contributed by atoms with E-state index in [2.05, 4.69) is 10.6 Å². The molecule has 2 saturated carbocycles. The van der Waals surface area contributed by atoms with Crippen LogP contribution in [-0.2, 0) is 16.1 Å². The summed E-state index contributed by atoms with van der Waals surface area (Å²) in [5, 5.41) is 5.98. The molecule has 0 radical (unpaired) electrons. The van der Waals surface area contributed by atoms with Gasteiger partial charge >= 0.3 is 0 Å². The van der Waals surface area contributed by atoms with Gasteiger partial charge in [-0.3, -0.25) is 9.59 Å². The molecular formula is C23H25FN2O2. The third kappa shape index (κ3) is 4.08. The first-order chi connectivity index (χ1) is 13.6. The number of benzene rings is 2. The molecule has 0 bridgehead atoms. The van der Waals surface area contributed by atoms with Crippen LogP contribution in [0.5, 0.6) is 0 Å². The number of carbonyl (C=O) groups is 2. The van der Waals surface area contributed by atoms with E-state index < -0.39 is 0 Å². The van der Waals surface area contributed by atoms with Gasteiger partial charge in [-0.05, 0) is 67.0 Å². The number of carbonyl (C=O) groups excluding carboxylic acids is 2. The molecule has 4 nitrogen and oxygen atoms in total. The van der Waals surface area contributed by atoms with Gasteiger partial charge in [0.25, 0.3) is 0 Å². The van der Waals surface area contributed by atoms with Crippen LogP contribution in [0.2, 0.25) is 0 Å². The summed E-state index contributed by atoms with van der Waals surface area (Å²) < 4.78 is 13.1. The van der Waals surface area contributed by atoms with Crippen LogP contribution >= 0.6 is 0 Å². The zero-order valence-corrected chi connectivity index (χ0v) is 15.8. The van der Waals surface area contributed by atoms with Crippen molar-refractivity contribution in [2.45, 2.75) is 44.6 Å². The molecule has 2 amide bonds. The van der Waals surface area contributed by atoms with Gasteiger partial charge in [0.15, 0.2) is 0 Å². The minimum Gasteiger partial charge on any atom is -0.352 e. The minimum absolute atomic E-state index is 0.0319. The molecule has 2 atom stereocenters. The molecule has 0 saturated heterocycles. The summed E-state index contributed by atoms with van der Waals surface area (Å²) in [7, 11) is 0. The summed E-state index contributed by atoms with van der Waals surface area (Å²) in [5.74, 6) is 0.105. The number of nitrogens with one attached hydrogen (secondary N) is 2. The molecule has 0 heterocycles. The largest absolute Gasteiger partial charge is 0.352 e. The van der Waals surface area contributed by atoms with Crippen LogP contribution in [0, 0.1) is 17.7 Å². The number of hydrogen-bond donors (Lipinski definition) is 2. The lowest BCUT2D eigenvalue weighted by atomic mass is 9.69. The van der Waals surface area contributed by atoms with Crippen molar-refractivity contribution in [1.29, 1.82) is 0 Å². The number of amides is 2. The fourth-order valence-electron chi connectivity index (χ4n) is 3.92. The van der Waals surface area contributed by atoms with Gasteiger partial charge in [-0.1, -0.05) is 30.7 Å². The van der Waals surface area contributed by atoms with Gasteiger partial charge in [-0.15, -0.1) is 0 Å². The second kappa shape index (κ2) is 8.13. The van der Waals surface area contributed by atoms with Crippen molar-refractivity contribution in [1.82, 2.24) is 5.32 Å². The van der Waals surface area contributed by atoms with Crippen LogP contribution in [0.1, 0.15) is 49.1 Å². The molecule has 2 aromatic carbocycles. The third-order valence-corrected chi connectivity index (χ3v) is 6.05. The Balaban J connectivity index is 1.31. The maximum absolute atomic E-state index is 13.1. The first-order valence-electron chi connectivity index (χ1n) is 10.0. The van der Waals surface area contributed by atoms with E-state index in [1.54, 1.807) is 12.1 Å². The van der Waals surface area contributed by atoms with E-state index in [1.807, 2.05) is 24.3 Å². The van der Waals surface area contributed by atoms with Crippen molar-refractivity contribution in [2.24, 2.45) is 11.8 Å². The Morgan fingerprint density at radius 3 is 2.39 bits per heavy atom. The minimum atomic E-state index is -0.256. The highest BCUT2D eigenvalue weighted by Gasteiger charge is 2.37. The van der Waals surface area contributed by atoms with E-state index in [-0.39, 0.29) is 35.4 Å². The molecule has 28 heavy (non-hydrogen) atoms. The normalized spacial score (nSPS) is 21.3. The van der Waals surface area contributed by atoms with Crippen LogP contribution < -0.4 is 10.6 Å². The standard InChI is InChI=1S/C23H25FN2O2/c24-18-9-7-16(8-10-18)20-11-12-21(20)23(28)25-14-15-3-1-6-19(13-15)26-22(27)17-4-2-5-17/h1,3,6-10,13,17,20-21H,2,4-5,11-12,14H2,(H,25,28)(H,26,27). The van der Waals surface area contributed by atoms with Crippen LogP contribution in [0.25, 0.3) is 0 Å². The average Bonchev–Trinajstić information content (AvgIpc) is 2.60. The van der Waals surface area contributed by atoms with Gasteiger partial charge in [0.1, 0.15) is 5.82 Å². The number of hydrogen-bond acceptors (Lipinski definition) is 2. The predicted octanol–water partition coefficient (Wildman–Crippen LogP) is 4.37. The van der Waals surface area contributed by atoms with Crippen molar-refractivity contribution in [3.8, 4) is 0 Å². The summed E-state index contributed by atoms with van der Waals surface area (Å²) in [4.78, 5) is 24.7. The van der Waals surface area contributed by atoms with Crippen molar-refractivity contribution in [3.05, 3.63) is 65.5 Å². The highest BCUT2D eigenvalue weighted by molar-refractivity contribution is 5.93. The van der Waals surface area contributed by atoms with Crippen molar-refractivity contribution in [2.75, 3.05) is 5.32 Å². The average molecular weight is 380 g/mol. The Hall–Kier alpha value is -2.69. The molecule has 2 aliphatic carbocycles. The molecule has 2 aromatic rings.